The predicted octanol–water partition coefficient (Wildman–Crippen LogP) is 13.1. The zero-order valence-corrected chi connectivity index (χ0v) is 27.1. The van der Waals surface area contributed by atoms with Gasteiger partial charge in [-0.25, -0.2) is 9.97 Å². The van der Waals surface area contributed by atoms with Crippen LogP contribution in [0.1, 0.15) is 0 Å². The summed E-state index contributed by atoms with van der Waals surface area (Å²) in [4.78, 5) is 10.7. The van der Waals surface area contributed by atoms with Gasteiger partial charge in [-0.3, -0.25) is 0 Å². The number of aromatic nitrogens is 2. The highest BCUT2D eigenvalue weighted by Gasteiger charge is 2.19. The molecule has 0 N–H and O–H groups in total. The van der Waals surface area contributed by atoms with Gasteiger partial charge in [-0.2, -0.15) is 0 Å². The highest BCUT2D eigenvalue weighted by atomic mass is 32.1. The summed E-state index contributed by atoms with van der Waals surface area (Å²) < 4.78 is 2.59. The first-order chi connectivity index (χ1) is 24.3. The lowest BCUT2D eigenvalue weighted by atomic mass is 9.91. The first-order valence-electron chi connectivity index (χ1n) is 16.7. The third kappa shape index (κ3) is 3.88. The molecule has 0 spiro atoms. The molecule has 0 aliphatic rings. The largest absolute Gasteiger partial charge is 0.247 e. The van der Waals surface area contributed by atoms with Gasteiger partial charge < -0.3 is 0 Å². The van der Waals surface area contributed by atoms with E-state index < -0.39 is 0 Å². The Morgan fingerprint density at radius 2 is 0.918 bits per heavy atom. The molecule has 0 fully saturated rings. The average Bonchev–Trinajstić information content (AvgIpc) is 3.56. The Morgan fingerprint density at radius 1 is 0.367 bits per heavy atom. The fraction of sp³-hybridized carbons (Fsp3) is 0. The van der Waals surface area contributed by atoms with Crippen molar-refractivity contribution in [3.8, 4) is 22.4 Å². The van der Waals surface area contributed by atoms with Gasteiger partial charge in [0, 0.05) is 63.6 Å². The van der Waals surface area contributed by atoms with E-state index in [9.17, 15) is 0 Å². The fourth-order valence-electron chi connectivity index (χ4n) is 7.95. The van der Waals surface area contributed by atoms with Crippen LogP contribution in [-0.4, -0.2) is 9.97 Å². The molecule has 0 unspecified atom stereocenters. The van der Waals surface area contributed by atoms with Crippen LogP contribution in [0, 0.1) is 0 Å². The van der Waals surface area contributed by atoms with Crippen LogP contribution >= 0.6 is 11.3 Å². The summed E-state index contributed by atoms with van der Waals surface area (Å²) in [6.45, 7) is 0. The summed E-state index contributed by atoms with van der Waals surface area (Å²) in [6.07, 6.45) is 0. The molecule has 11 aromatic rings. The molecule has 3 heterocycles. The van der Waals surface area contributed by atoms with E-state index in [1.54, 1.807) is 0 Å². The Labute approximate surface area is 285 Å². The maximum atomic E-state index is 5.39. The minimum Gasteiger partial charge on any atom is -0.247 e. The number of pyridine rings is 2. The van der Waals surface area contributed by atoms with E-state index in [-0.39, 0.29) is 0 Å². The molecule has 0 atom stereocenters. The standard InChI is InChI=1S/C46H26N2S/c1-3-11-31-27(9-1)21-23-37-41(38-24-22-28-10-2-4-12-32(28)45(38)48-44(31)37)29-17-19-30(20-18-29)43-42-35(33-13-5-7-15-39(33)47-43)25-26-36-34-14-6-8-16-40(34)49-46(36)42/h1-26H. The monoisotopic (exact) mass is 638 g/mol. The van der Waals surface area contributed by atoms with Crippen molar-refractivity contribution in [2.24, 2.45) is 0 Å². The molecule has 0 saturated carbocycles. The van der Waals surface area contributed by atoms with Crippen molar-refractivity contribution in [2.45, 2.75) is 0 Å². The minimum absolute atomic E-state index is 1.01. The summed E-state index contributed by atoms with van der Waals surface area (Å²) in [5, 5.41) is 13.3. The molecule has 226 valence electrons. The van der Waals surface area contributed by atoms with Crippen LogP contribution < -0.4 is 0 Å². The summed E-state index contributed by atoms with van der Waals surface area (Å²) >= 11 is 1.87. The number of hydrogen-bond donors (Lipinski definition) is 0. The number of hydrogen-bond acceptors (Lipinski definition) is 3. The highest BCUT2D eigenvalue weighted by molar-refractivity contribution is 7.26. The van der Waals surface area contributed by atoms with Crippen LogP contribution in [0.3, 0.4) is 0 Å². The molecular formula is C46H26N2S. The molecule has 49 heavy (non-hydrogen) atoms. The van der Waals surface area contributed by atoms with E-state index in [1.165, 1.54) is 69.0 Å². The van der Waals surface area contributed by atoms with Crippen molar-refractivity contribution in [1.29, 1.82) is 0 Å². The van der Waals surface area contributed by atoms with Gasteiger partial charge in [0.15, 0.2) is 0 Å². The van der Waals surface area contributed by atoms with Crippen LogP contribution in [-0.2, 0) is 0 Å². The lowest BCUT2D eigenvalue weighted by Gasteiger charge is -2.15. The van der Waals surface area contributed by atoms with Crippen LogP contribution in [0.2, 0.25) is 0 Å². The van der Waals surface area contributed by atoms with Gasteiger partial charge in [-0.05, 0) is 33.9 Å². The van der Waals surface area contributed by atoms with E-state index in [1.807, 2.05) is 11.3 Å². The van der Waals surface area contributed by atoms with Crippen molar-refractivity contribution >= 4 is 96.5 Å². The molecule has 0 radical (unpaired) electrons. The van der Waals surface area contributed by atoms with E-state index in [4.69, 9.17) is 9.97 Å². The lowest BCUT2D eigenvalue weighted by molar-refractivity contribution is 1.43. The number of thiophene rings is 1. The summed E-state index contributed by atoms with van der Waals surface area (Å²) in [5.74, 6) is 0. The second kappa shape index (κ2) is 10.2. The molecule has 0 saturated heterocycles. The molecular weight excluding hydrogens is 613 g/mol. The van der Waals surface area contributed by atoms with Crippen LogP contribution in [0.4, 0.5) is 0 Å². The van der Waals surface area contributed by atoms with Gasteiger partial charge in [-0.15, -0.1) is 11.3 Å². The number of para-hydroxylation sites is 1. The first-order valence-corrected chi connectivity index (χ1v) is 17.5. The SMILES string of the molecule is c1ccc2c(c1)ccc1c(-c3ccc(-c4nc5ccccc5c5ccc6c7ccccc7sc6c45)cc3)c3ccc4ccccc4c3nc12. The predicted molar refractivity (Wildman–Crippen MR) is 211 cm³/mol. The first kappa shape index (κ1) is 26.9. The summed E-state index contributed by atoms with van der Waals surface area (Å²) in [6, 6.07) is 57.0. The number of fused-ring (bicyclic) bond motifs is 13. The molecule has 0 amide bonds. The quantitative estimate of drug-likeness (QED) is 0.139. The maximum Gasteiger partial charge on any atom is 0.0802 e. The van der Waals surface area contributed by atoms with E-state index in [0.29, 0.717) is 0 Å². The van der Waals surface area contributed by atoms with Crippen LogP contribution in [0.25, 0.3) is 108 Å². The fourth-order valence-corrected chi connectivity index (χ4v) is 9.20. The van der Waals surface area contributed by atoms with Crippen molar-refractivity contribution in [3.63, 3.8) is 0 Å². The van der Waals surface area contributed by atoms with Gasteiger partial charge in [-0.1, -0.05) is 146 Å². The molecule has 0 aliphatic heterocycles. The van der Waals surface area contributed by atoms with E-state index in [0.717, 1.165) is 38.6 Å². The second-order valence-corrected chi connectivity index (χ2v) is 13.9. The Morgan fingerprint density at radius 3 is 1.63 bits per heavy atom. The van der Waals surface area contributed by atoms with Crippen molar-refractivity contribution in [2.75, 3.05) is 0 Å². The Kier molecular flexibility index (Phi) is 5.57. The number of benzene rings is 8. The molecule has 2 nitrogen and oxygen atoms in total. The van der Waals surface area contributed by atoms with Gasteiger partial charge >= 0.3 is 0 Å². The van der Waals surface area contributed by atoms with Gasteiger partial charge in [0.1, 0.15) is 0 Å². The highest BCUT2D eigenvalue weighted by Crippen LogP contribution is 2.45. The molecule has 0 aliphatic carbocycles. The third-order valence-corrected chi connectivity index (χ3v) is 11.4. The van der Waals surface area contributed by atoms with Crippen molar-refractivity contribution in [3.05, 3.63) is 158 Å². The molecule has 3 heteroatoms. The van der Waals surface area contributed by atoms with Gasteiger partial charge in [0.25, 0.3) is 0 Å². The molecule has 8 aromatic carbocycles. The normalized spacial score (nSPS) is 12.1. The minimum atomic E-state index is 1.01. The van der Waals surface area contributed by atoms with Crippen LogP contribution in [0.15, 0.2) is 158 Å². The van der Waals surface area contributed by atoms with Gasteiger partial charge in [0.05, 0.1) is 22.2 Å². The Hall–Kier alpha value is -6.16. The topological polar surface area (TPSA) is 25.8 Å². The smallest absolute Gasteiger partial charge is 0.0802 e. The molecule has 3 aromatic heterocycles. The number of nitrogens with zero attached hydrogens (tertiary/aromatic N) is 2. The van der Waals surface area contributed by atoms with E-state index in [2.05, 4.69) is 158 Å². The summed E-state index contributed by atoms with van der Waals surface area (Å²) in [5.41, 5.74) is 7.61. The van der Waals surface area contributed by atoms with Crippen molar-refractivity contribution < 1.29 is 0 Å². The van der Waals surface area contributed by atoms with Crippen molar-refractivity contribution in [1.82, 2.24) is 9.97 Å². The molecule has 0 bridgehead atoms. The van der Waals surface area contributed by atoms with Gasteiger partial charge in [0.2, 0.25) is 0 Å². The zero-order valence-electron chi connectivity index (χ0n) is 26.3. The Bertz CT molecular complexity index is 3060. The third-order valence-electron chi connectivity index (χ3n) is 10.2. The maximum absolute atomic E-state index is 5.39. The second-order valence-electron chi connectivity index (χ2n) is 12.9. The average molecular weight is 639 g/mol. The zero-order chi connectivity index (χ0) is 32.1. The molecule has 11 rings (SSSR count). The number of rotatable bonds is 2. The van der Waals surface area contributed by atoms with Crippen LogP contribution in [0.5, 0.6) is 0 Å². The summed E-state index contributed by atoms with van der Waals surface area (Å²) in [7, 11) is 0. The lowest BCUT2D eigenvalue weighted by Crippen LogP contribution is -1.93. The van der Waals surface area contributed by atoms with E-state index >= 15 is 0 Å². The Balaban J connectivity index is 1.20.